The Morgan fingerprint density at radius 2 is 1.93 bits per heavy atom. The predicted octanol–water partition coefficient (Wildman–Crippen LogP) is 3.32. The molecule has 0 bridgehead atoms. The van der Waals surface area contributed by atoms with Gasteiger partial charge in [0.1, 0.15) is 6.29 Å². The van der Waals surface area contributed by atoms with Gasteiger partial charge in [0.2, 0.25) is 0 Å². The van der Waals surface area contributed by atoms with Crippen molar-refractivity contribution in [2.45, 2.75) is 33.1 Å². The van der Waals surface area contributed by atoms with Gasteiger partial charge in [0.05, 0.1) is 0 Å². The molecule has 0 radical (unpaired) electrons. The van der Waals surface area contributed by atoms with E-state index in [1.54, 1.807) is 0 Å². The molecule has 1 atom stereocenters. The van der Waals surface area contributed by atoms with Gasteiger partial charge < -0.3 is 4.79 Å². The van der Waals surface area contributed by atoms with E-state index in [1.807, 2.05) is 12.1 Å². The molecule has 1 aromatic rings. The second kappa shape index (κ2) is 4.94. The largest absolute Gasteiger partial charge is 0.303 e. The van der Waals surface area contributed by atoms with E-state index in [4.69, 9.17) is 0 Å². The van der Waals surface area contributed by atoms with E-state index in [9.17, 15) is 4.79 Å². The summed E-state index contributed by atoms with van der Waals surface area (Å²) >= 11 is 0. The highest BCUT2D eigenvalue weighted by Gasteiger charge is 2.13. The molecule has 1 nitrogen and oxygen atoms in total. The number of hydrogen-bond acceptors (Lipinski definition) is 1. The molecular weight excluding hydrogens is 172 g/mol. The van der Waals surface area contributed by atoms with Crippen molar-refractivity contribution in [3.8, 4) is 0 Å². The molecule has 0 amide bonds. The highest BCUT2D eigenvalue weighted by molar-refractivity contribution is 5.63. The Balaban J connectivity index is 2.89. The predicted molar refractivity (Wildman–Crippen MR) is 59.4 cm³/mol. The number of benzene rings is 1. The number of carbonyl (C=O) groups is 1. The molecule has 0 heterocycles. The molecule has 0 saturated carbocycles. The molecule has 0 fully saturated rings. The van der Waals surface area contributed by atoms with Crippen LogP contribution in [-0.2, 0) is 4.79 Å². The fraction of sp³-hybridized carbons (Fsp3) is 0.462. The fourth-order valence-electron chi connectivity index (χ4n) is 1.77. The summed E-state index contributed by atoms with van der Waals surface area (Å²) in [5, 5.41) is 0. The minimum Gasteiger partial charge on any atom is -0.303 e. The molecule has 1 rings (SSSR count). The minimum atomic E-state index is 0.0659. The Kier molecular flexibility index (Phi) is 3.87. The maximum absolute atomic E-state index is 11.0. The third kappa shape index (κ3) is 2.69. The van der Waals surface area contributed by atoms with Gasteiger partial charge in [0.15, 0.2) is 0 Å². The molecule has 1 unspecified atom stereocenters. The van der Waals surface area contributed by atoms with E-state index in [-0.39, 0.29) is 5.92 Å². The highest BCUT2D eigenvalue weighted by Crippen LogP contribution is 2.24. The van der Waals surface area contributed by atoms with Gasteiger partial charge in [-0.3, -0.25) is 0 Å². The van der Waals surface area contributed by atoms with Crippen LogP contribution >= 0.6 is 0 Å². The lowest BCUT2D eigenvalue weighted by Gasteiger charge is -2.15. The van der Waals surface area contributed by atoms with Crippen molar-refractivity contribution in [2.24, 2.45) is 5.92 Å². The van der Waals surface area contributed by atoms with Crippen LogP contribution in [0.15, 0.2) is 24.3 Å². The van der Waals surface area contributed by atoms with E-state index in [1.165, 1.54) is 11.1 Å². The summed E-state index contributed by atoms with van der Waals surface area (Å²) in [4.78, 5) is 11.0. The van der Waals surface area contributed by atoms with Crippen molar-refractivity contribution < 1.29 is 4.79 Å². The van der Waals surface area contributed by atoms with Crippen LogP contribution in [0.1, 0.15) is 37.3 Å². The van der Waals surface area contributed by atoms with E-state index in [0.717, 1.165) is 12.7 Å². The van der Waals surface area contributed by atoms with Gasteiger partial charge in [0.25, 0.3) is 0 Å². The Labute approximate surface area is 86.1 Å². The van der Waals surface area contributed by atoms with Gasteiger partial charge in [-0.05, 0) is 30.4 Å². The summed E-state index contributed by atoms with van der Waals surface area (Å²) in [6.07, 6.45) is 2.01. The number of carbonyl (C=O) groups excluding carboxylic acids is 1. The Bertz CT molecular complexity index is 302. The first-order valence-electron chi connectivity index (χ1n) is 5.16. The molecule has 0 aliphatic rings. The summed E-state index contributed by atoms with van der Waals surface area (Å²) in [6, 6.07) is 8.12. The van der Waals surface area contributed by atoms with Crippen molar-refractivity contribution >= 4 is 6.29 Å². The minimum absolute atomic E-state index is 0.0659. The molecule has 0 N–H and O–H groups in total. The first kappa shape index (κ1) is 11.0. The first-order chi connectivity index (χ1) is 6.65. The van der Waals surface area contributed by atoms with E-state index in [0.29, 0.717) is 5.92 Å². The second-order valence-corrected chi connectivity index (χ2v) is 4.23. The van der Waals surface area contributed by atoms with Gasteiger partial charge in [-0.15, -0.1) is 0 Å². The van der Waals surface area contributed by atoms with Crippen LogP contribution in [0.5, 0.6) is 0 Å². The first-order valence-corrected chi connectivity index (χ1v) is 5.16. The lowest BCUT2D eigenvalue weighted by Crippen LogP contribution is -2.05. The SMILES string of the molecule is Cc1ccccc1C(C=O)CC(C)C. The Morgan fingerprint density at radius 1 is 1.29 bits per heavy atom. The topological polar surface area (TPSA) is 17.1 Å². The molecule has 0 aliphatic carbocycles. The fourth-order valence-corrected chi connectivity index (χ4v) is 1.77. The lowest BCUT2D eigenvalue weighted by molar-refractivity contribution is -0.109. The molecule has 14 heavy (non-hydrogen) atoms. The third-order valence-electron chi connectivity index (χ3n) is 2.48. The van der Waals surface area contributed by atoms with Crippen LogP contribution in [-0.4, -0.2) is 6.29 Å². The molecule has 76 valence electrons. The molecule has 0 aromatic heterocycles. The summed E-state index contributed by atoms with van der Waals surface area (Å²) in [6.45, 7) is 6.36. The van der Waals surface area contributed by atoms with Crippen LogP contribution in [0, 0.1) is 12.8 Å². The third-order valence-corrected chi connectivity index (χ3v) is 2.48. The van der Waals surface area contributed by atoms with Crippen LogP contribution in [0.25, 0.3) is 0 Å². The van der Waals surface area contributed by atoms with Crippen molar-refractivity contribution in [2.75, 3.05) is 0 Å². The normalized spacial score (nSPS) is 12.9. The Hall–Kier alpha value is -1.11. The number of rotatable bonds is 4. The van der Waals surface area contributed by atoms with Crippen LogP contribution in [0.3, 0.4) is 0 Å². The monoisotopic (exact) mass is 190 g/mol. The van der Waals surface area contributed by atoms with Crippen molar-refractivity contribution in [3.05, 3.63) is 35.4 Å². The summed E-state index contributed by atoms with van der Waals surface area (Å²) in [7, 11) is 0. The Morgan fingerprint density at radius 3 is 2.43 bits per heavy atom. The molecular formula is C13H18O. The number of aldehydes is 1. The lowest BCUT2D eigenvalue weighted by atomic mass is 9.89. The number of aryl methyl sites for hydroxylation is 1. The molecule has 0 aliphatic heterocycles. The van der Waals surface area contributed by atoms with E-state index in [2.05, 4.69) is 32.9 Å². The van der Waals surface area contributed by atoms with Crippen molar-refractivity contribution in [1.82, 2.24) is 0 Å². The van der Waals surface area contributed by atoms with Gasteiger partial charge >= 0.3 is 0 Å². The average molecular weight is 190 g/mol. The highest BCUT2D eigenvalue weighted by atomic mass is 16.1. The quantitative estimate of drug-likeness (QED) is 0.666. The van der Waals surface area contributed by atoms with Gasteiger partial charge in [-0.1, -0.05) is 38.1 Å². The zero-order valence-electron chi connectivity index (χ0n) is 9.16. The van der Waals surface area contributed by atoms with E-state index >= 15 is 0 Å². The van der Waals surface area contributed by atoms with Gasteiger partial charge in [-0.2, -0.15) is 0 Å². The molecule has 1 aromatic carbocycles. The summed E-state index contributed by atoms with van der Waals surface area (Å²) in [5.74, 6) is 0.626. The van der Waals surface area contributed by atoms with Crippen LogP contribution in [0.2, 0.25) is 0 Å². The standard InChI is InChI=1S/C13H18O/c1-10(2)8-12(9-14)13-7-5-4-6-11(13)3/h4-7,9-10,12H,8H2,1-3H3. The van der Waals surface area contributed by atoms with Crippen molar-refractivity contribution in [1.29, 1.82) is 0 Å². The van der Waals surface area contributed by atoms with Gasteiger partial charge in [-0.25, -0.2) is 0 Å². The summed E-state index contributed by atoms with van der Waals surface area (Å²) < 4.78 is 0. The van der Waals surface area contributed by atoms with E-state index < -0.39 is 0 Å². The summed E-state index contributed by atoms with van der Waals surface area (Å²) in [5.41, 5.74) is 2.39. The number of hydrogen-bond donors (Lipinski definition) is 0. The van der Waals surface area contributed by atoms with Gasteiger partial charge in [0, 0.05) is 5.92 Å². The zero-order valence-corrected chi connectivity index (χ0v) is 9.16. The second-order valence-electron chi connectivity index (χ2n) is 4.23. The van der Waals surface area contributed by atoms with Crippen LogP contribution in [0.4, 0.5) is 0 Å². The zero-order chi connectivity index (χ0) is 10.6. The maximum Gasteiger partial charge on any atom is 0.127 e. The molecule has 1 heteroatoms. The average Bonchev–Trinajstić information content (AvgIpc) is 2.15. The smallest absolute Gasteiger partial charge is 0.127 e. The van der Waals surface area contributed by atoms with Crippen molar-refractivity contribution in [3.63, 3.8) is 0 Å². The molecule has 0 spiro atoms. The van der Waals surface area contributed by atoms with Crippen LogP contribution < -0.4 is 0 Å². The molecule has 0 saturated heterocycles. The maximum atomic E-state index is 11.0.